The van der Waals surface area contributed by atoms with E-state index in [1.807, 2.05) is 0 Å². The summed E-state index contributed by atoms with van der Waals surface area (Å²) in [5.41, 5.74) is 0.632. The molecule has 1 N–H and O–H groups in total. The number of benzene rings is 2. The van der Waals surface area contributed by atoms with Crippen LogP contribution in [0.25, 0.3) is 5.76 Å². The molecule has 0 aromatic heterocycles. The molecule has 2 aromatic rings. The van der Waals surface area contributed by atoms with E-state index in [0.717, 1.165) is 12.8 Å². The van der Waals surface area contributed by atoms with Gasteiger partial charge in [0.05, 0.1) is 31.9 Å². The molecule has 2 aliphatic heterocycles. The number of amides is 1. The molecule has 2 fully saturated rings. The van der Waals surface area contributed by atoms with Crippen molar-refractivity contribution in [3.63, 3.8) is 0 Å². The first-order valence-electron chi connectivity index (χ1n) is 10.3. The fourth-order valence-electron chi connectivity index (χ4n) is 4.22. The number of hydrogen-bond donors (Lipinski definition) is 1. The molecule has 7 nitrogen and oxygen atoms in total. The van der Waals surface area contributed by atoms with Crippen LogP contribution in [0.5, 0.6) is 11.5 Å². The van der Waals surface area contributed by atoms with Crippen molar-refractivity contribution in [3.05, 3.63) is 65.0 Å². The lowest BCUT2D eigenvalue weighted by molar-refractivity contribution is -0.140. The van der Waals surface area contributed by atoms with Crippen molar-refractivity contribution in [1.29, 1.82) is 0 Å². The predicted octanol–water partition coefficient (Wildman–Crippen LogP) is 3.44. The van der Waals surface area contributed by atoms with E-state index in [1.54, 1.807) is 18.2 Å². The number of halogens is 1. The first kappa shape index (κ1) is 21.8. The van der Waals surface area contributed by atoms with Gasteiger partial charge in [0, 0.05) is 24.3 Å². The molecule has 2 heterocycles. The number of nitrogens with zero attached hydrogens (tertiary/aromatic N) is 1. The summed E-state index contributed by atoms with van der Waals surface area (Å²) < 4.78 is 30.0. The molecule has 4 rings (SSSR count). The highest BCUT2D eigenvalue weighted by Gasteiger charge is 2.48. The second-order valence-electron chi connectivity index (χ2n) is 7.70. The Morgan fingerprint density at radius 2 is 1.91 bits per heavy atom. The zero-order valence-corrected chi connectivity index (χ0v) is 17.8. The summed E-state index contributed by atoms with van der Waals surface area (Å²) in [6.07, 6.45) is 1.43. The molecular weight excluding hydrogens is 417 g/mol. The maximum Gasteiger partial charge on any atom is 0.295 e. The highest BCUT2D eigenvalue weighted by molar-refractivity contribution is 6.46. The standard InChI is InChI=1S/C24H24FNO6/c1-30-16-9-10-19(31-2)18(12-16)21-20(22(27)14-5-7-15(25)8-6-14)23(28)24(29)26(21)13-17-4-3-11-32-17/h5-10,12,17,21,27H,3-4,11,13H2,1-2H3/t17-,21+/m0/s1. The molecule has 0 aliphatic carbocycles. The molecule has 0 radical (unpaired) electrons. The third kappa shape index (κ3) is 3.93. The minimum Gasteiger partial charge on any atom is -0.507 e. The van der Waals surface area contributed by atoms with E-state index in [2.05, 4.69) is 0 Å². The van der Waals surface area contributed by atoms with Gasteiger partial charge in [-0.1, -0.05) is 0 Å². The first-order chi connectivity index (χ1) is 15.4. The van der Waals surface area contributed by atoms with Gasteiger partial charge in [0.15, 0.2) is 0 Å². The molecule has 2 saturated heterocycles. The number of rotatable bonds is 6. The fourth-order valence-corrected chi connectivity index (χ4v) is 4.22. The van der Waals surface area contributed by atoms with Crippen LogP contribution < -0.4 is 9.47 Å². The molecule has 1 amide bonds. The maximum atomic E-state index is 13.4. The van der Waals surface area contributed by atoms with Crippen molar-refractivity contribution in [2.24, 2.45) is 0 Å². The number of hydrogen-bond acceptors (Lipinski definition) is 6. The second kappa shape index (κ2) is 9.00. The fraction of sp³-hybridized carbons (Fsp3) is 0.333. The van der Waals surface area contributed by atoms with Gasteiger partial charge in [-0.2, -0.15) is 0 Å². The third-order valence-corrected chi connectivity index (χ3v) is 5.81. The van der Waals surface area contributed by atoms with Crippen LogP contribution in [0.15, 0.2) is 48.0 Å². The van der Waals surface area contributed by atoms with E-state index in [0.29, 0.717) is 23.7 Å². The lowest BCUT2D eigenvalue weighted by Crippen LogP contribution is -2.36. The summed E-state index contributed by atoms with van der Waals surface area (Å²) in [4.78, 5) is 27.6. The average molecular weight is 441 g/mol. The molecule has 0 unspecified atom stereocenters. The van der Waals surface area contributed by atoms with Crippen molar-refractivity contribution in [2.75, 3.05) is 27.4 Å². The lowest BCUT2D eigenvalue weighted by atomic mass is 9.94. The van der Waals surface area contributed by atoms with Crippen LogP contribution in [0.2, 0.25) is 0 Å². The number of methoxy groups -OCH3 is 2. The zero-order valence-electron chi connectivity index (χ0n) is 17.8. The van der Waals surface area contributed by atoms with Crippen molar-refractivity contribution in [3.8, 4) is 11.5 Å². The summed E-state index contributed by atoms with van der Waals surface area (Å²) in [6, 6.07) is 9.21. The summed E-state index contributed by atoms with van der Waals surface area (Å²) in [6.45, 7) is 0.785. The molecule has 2 atom stereocenters. The van der Waals surface area contributed by atoms with Gasteiger partial charge in [0.25, 0.3) is 11.7 Å². The normalized spacial score (nSPS) is 22.4. The quantitative estimate of drug-likeness (QED) is 0.420. The average Bonchev–Trinajstić information content (AvgIpc) is 3.41. The predicted molar refractivity (Wildman–Crippen MR) is 114 cm³/mol. The molecule has 32 heavy (non-hydrogen) atoms. The van der Waals surface area contributed by atoms with Crippen molar-refractivity contribution >= 4 is 17.4 Å². The highest BCUT2D eigenvalue weighted by Crippen LogP contribution is 2.44. The number of aliphatic hydroxyl groups excluding tert-OH is 1. The van der Waals surface area contributed by atoms with Crippen molar-refractivity contribution < 1.29 is 33.3 Å². The Kier molecular flexibility index (Phi) is 6.14. The monoisotopic (exact) mass is 441 g/mol. The van der Waals surface area contributed by atoms with Crippen LogP contribution in [0, 0.1) is 5.82 Å². The topological polar surface area (TPSA) is 85.3 Å². The van der Waals surface area contributed by atoms with Crippen LogP contribution >= 0.6 is 0 Å². The molecule has 2 aliphatic rings. The Bertz CT molecular complexity index is 1060. The molecular formula is C24H24FNO6. The Morgan fingerprint density at radius 3 is 2.53 bits per heavy atom. The minimum absolute atomic E-state index is 0.0915. The first-order valence-corrected chi connectivity index (χ1v) is 10.3. The molecule has 168 valence electrons. The number of ketones is 1. The molecule has 0 bridgehead atoms. The van der Waals surface area contributed by atoms with Gasteiger partial charge >= 0.3 is 0 Å². The summed E-state index contributed by atoms with van der Waals surface area (Å²) in [7, 11) is 2.99. The van der Waals surface area contributed by atoms with E-state index in [1.165, 1.54) is 43.4 Å². The number of carbonyl (C=O) groups is 2. The van der Waals surface area contributed by atoms with Gasteiger partial charge in [-0.25, -0.2) is 4.39 Å². The summed E-state index contributed by atoms with van der Waals surface area (Å²) in [5.74, 6) is -1.48. The largest absolute Gasteiger partial charge is 0.507 e. The van der Waals surface area contributed by atoms with Gasteiger partial charge in [-0.15, -0.1) is 0 Å². The third-order valence-electron chi connectivity index (χ3n) is 5.81. The summed E-state index contributed by atoms with van der Waals surface area (Å²) in [5, 5.41) is 11.1. The van der Waals surface area contributed by atoms with E-state index in [-0.39, 0.29) is 29.5 Å². The lowest BCUT2D eigenvalue weighted by Gasteiger charge is -2.28. The number of carbonyl (C=O) groups excluding carboxylic acids is 2. The Labute approximate surface area is 185 Å². The van der Waals surface area contributed by atoms with Gasteiger partial charge in [-0.05, 0) is 55.3 Å². The van der Waals surface area contributed by atoms with Crippen molar-refractivity contribution in [1.82, 2.24) is 4.90 Å². The van der Waals surface area contributed by atoms with Crippen LogP contribution in [0.3, 0.4) is 0 Å². The van der Waals surface area contributed by atoms with Crippen LogP contribution in [-0.4, -0.2) is 55.2 Å². The Morgan fingerprint density at radius 1 is 1.16 bits per heavy atom. The molecule has 0 saturated carbocycles. The summed E-state index contributed by atoms with van der Waals surface area (Å²) >= 11 is 0. The SMILES string of the molecule is COc1ccc(OC)c([C@@H]2C(=C(O)c3ccc(F)cc3)C(=O)C(=O)N2C[C@@H]2CCCO2)c1. The van der Waals surface area contributed by atoms with Crippen LogP contribution in [0.4, 0.5) is 4.39 Å². The number of ether oxygens (including phenoxy) is 3. The van der Waals surface area contributed by atoms with Crippen LogP contribution in [0.1, 0.15) is 30.0 Å². The Hall–Kier alpha value is -3.39. The minimum atomic E-state index is -0.922. The number of likely N-dealkylation sites (tertiary alicyclic amines) is 1. The smallest absolute Gasteiger partial charge is 0.295 e. The number of Topliss-reactive ketones (excluding diaryl/α,β-unsaturated/α-hetero) is 1. The maximum absolute atomic E-state index is 13.4. The number of aliphatic hydroxyl groups is 1. The van der Waals surface area contributed by atoms with Crippen LogP contribution in [-0.2, 0) is 14.3 Å². The van der Waals surface area contributed by atoms with Gasteiger partial charge in [-0.3, -0.25) is 9.59 Å². The zero-order chi connectivity index (χ0) is 22.8. The van der Waals surface area contributed by atoms with E-state index in [9.17, 15) is 19.1 Å². The van der Waals surface area contributed by atoms with E-state index in [4.69, 9.17) is 14.2 Å². The molecule has 8 heteroatoms. The van der Waals surface area contributed by atoms with Crippen molar-refractivity contribution in [2.45, 2.75) is 25.0 Å². The highest BCUT2D eigenvalue weighted by atomic mass is 19.1. The molecule has 2 aromatic carbocycles. The van der Waals surface area contributed by atoms with Gasteiger partial charge < -0.3 is 24.2 Å². The van der Waals surface area contributed by atoms with E-state index < -0.39 is 23.5 Å². The second-order valence-corrected chi connectivity index (χ2v) is 7.70. The van der Waals surface area contributed by atoms with Gasteiger partial charge in [0.1, 0.15) is 23.1 Å². The van der Waals surface area contributed by atoms with Gasteiger partial charge in [0.2, 0.25) is 0 Å². The molecule has 0 spiro atoms. The van der Waals surface area contributed by atoms with E-state index >= 15 is 0 Å². The Balaban J connectivity index is 1.89.